The molecule has 2 aromatic carbocycles. The van der Waals surface area contributed by atoms with Crippen LogP contribution in [0.15, 0.2) is 59.4 Å². The number of fused-ring (bicyclic) bond motifs is 1. The van der Waals surface area contributed by atoms with E-state index in [0.717, 1.165) is 24.3 Å². The van der Waals surface area contributed by atoms with Crippen LogP contribution in [0.1, 0.15) is 16.8 Å². The zero-order chi connectivity index (χ0) is 17.2. The summed E-state index contributed by atoms with van der Waals surface area (Å²) in [7, 11) is 0. The second-order valence-electron chi connectivity index (χ2n) is 6.29. The Bertz CT molecular complexity index is 935. The van der Waals surface area contributed by atoms with Gasteiger partial charge in [-0.2, -0.15) is 0 Å². The van der Waals surface area contributed by atoms with Crippen molar-refractivity contribution in [2.75, 3.05) is 6.54 Å². The average molecular weight is 335 g/mol. The summed E-state index contributed by atoms with van der Waals surface area (Å²) >= 11 is 0. The molecule has 0 saturated heterocycles. The van der Waals surface area contributed by atoms with Gasteiger partial charge in [0.15, 0.2) is 0 Å². The van der Waals surface area contributed by atoms with Crippen LogP contribution in [-0.4, -0.2) is 21.4 Å². The molecule has 1 aliphatic rings. The van der Waals surface area contributed by atoms with E-state index in [-0.39, 0.29) is 11.4 Å². The minimum absolute atomic E-state index is 0.0938. The van der Waals surface area contributed by atoms with Crippen LogP contribution < -0.4 is 5.56 Å². The SMILES string of the molecule is O=c1[nH]c(-c2ccc(F)cc2)nc2c1CCN(Cc1ccccc1)C2. The summed E-state index contributed by atoms with van der Waals surface area (Å²) in [5.41, 5.74) is 3.43. The molecule has 126 valence electrons. The van der Waals surface area contributed by atoms with Gasteiger partial charge in [-0.3, -0.25) is 9.69 Å². The monoisotopic (exact) mass is 335 g/mol. The average Bonchev–Trinajstić information content (AvgIpc) is 2.63. The molecule has 4 nitrogen and oxygen atoms in total. The highest BCUT2D eigenvalue weighted by atomic mass is 19.1. The van der Waals surface area contributed by atoms with Crippen molar-refractivity contribution in [2.45, 2.75) is 19.5 Å². The van der Waals surface area contributed by atoms with Crippen molar-refractivity contribution in [1.29, 1.82) is 0 Å². The quantitative estimate of drug-likeness (QED) is 0.800. The number of nitrogens with zero attached hydrogens (tertiary/aromatic N) is 2. The first kappa shape index (κ1) is 15.7. The molecule has 0 fully saturated rings. The van der Waals surface area contributed by atoms with Gasteiger partial charge in [0, 0.05) is 30.8 Å². The van der Waals surface area contributed by atoms with Crippen molar-refractivity contribution in [3.05, 3.63) is 87.6 Å². The fourth-order valence-corrected chi connectivity index (χ4v) is 3.21. The van der Waals surface area contributed by atoms with Crippen molar-refractivity contribution in [3.63, 3.8) is 0 Å². The van der Waals surface area contributed by atoms with Crippen LogP contribution in [0.4, 0.5) is 4.39 Å². The van der Waals surface area contributed by atoms with E-state index >= 15 is 0 Å². The first-order chi connectivity index (χ1) is 12.2. The summed E-state index contributed by atoms with van der Waals surface area (Å²) in [6, 6.07) is 16.3. The predicted molar refractivity (Wildman–Crippen MR) is 94.5 cm³/mol. The van der Waals surface area contributed by atoms with E-state index in [0.29, 0.717) is 24.4 Å². The van der Waals surface area contributed by atoms with E-state index in [1.165, 1.54) is 17.7 Å². The highest BCUT2D eigenvalue weighted by molar-refractivity contribution is 5.55. The lowest BCUT2D eigenvalue weighted by Gasteiger charge is -2.27. The van der Waals surface area contributed by atoms with Crippen LogP contribution >= 0.6 is 0 Å². The van der Waals surface area contributed by atoms with Crippen LogP contribution in [0.5, 0.6) is 0 Å². The predicted octanol–water partition coefficient (Wildman–Crippen LogP) is 3.13. The third-order valence-corrected chi connectivity index (χ3v) is 4.52. The number of H-pyrrole nitrogens is 1. The Balaban J connectivity index is 1.62. The molecule has 2 heterocycles. The third-order valence-electron chi connectivity index (χ3n) is 4.52. The lowest BCUT2D eigenvalue weighted by atomic mass is 10.0. The number of aromatic amines is 1. The number of benzene rings is 2. The summed E-state index contributed by atoms with van der Waals surface area (Å²) in [5, 5.41) is 0. The van der Waals surface area contributed by atoms with E-state index in [9.17, 15) is 9.18 Å². The molecule has 0 unspecified atom stereocenters. The van der Waals surface area contributed by atoms with Crippen LogP contribution in [0, 0.1) is 5.82 Å². The largest absolute Gasteiger partial charge is 0.306 e. The summed E-state index contributed by atoms with van der Waals surface area (Å²) in [5.74, 6) is 0.184. The van der Waals surface area contributed by atoms with E-state index in [4.69, 9.17) is 0 Å². The minimum atomic E-state index is -0.307. The zero-order valence-electron chi connectivity index (χ0n) is 13.7. The Kier molecular flexibility index (Phi) is 4.15. The van der Waals surface area contributed by atoms with Gasteiger partial charge in [0.05, 0.1) is 5.69 Å². The fourth-order valence-electron chi connectivity index (χ4n) is 3.21. The molecule has 1 N–H and O–H groups in total. The van der Waals surface area contributed by atoms with Gasteiger partial charge in [0.1, 0.15) is 11.6 Å². The van der Waals surface area contributed by atoms with Gasteiger partial charge in [0.2, 0.25) is 0 Å². The first-order valence-corrected chi connectivity index (χ1v) is 8.33. The van der Waals surface area contributed by atoms with Gasteiger partial charge in [-0.05, 0) is 36.2 Å². The molecule has 1 aromatic heterocycles. The normalized spacial score (nSPS) is 14.3. The molecule has 0 atom stereocenters. The Morgan fingerprint density at radius 3 is 2.60 bits per heavy atom. The standard InChI is InChI=1S/C20H18FN3O/c21-16-8-6-15(7-9-16)19-22-18-13-24(11-10-17(18)20(25)23-19)12-14-4-2-1-3-5-14/h1-9H,10-13H2,(H,22,23,25). The molecule has 3 aromatic rings. The van der Waals surface area contributed by atoms with Gasteiger partial charge in [0.25, 0.3) is 5.56 Å². The maximum Gasteiger partial charge on any atom is 0.254 e. The minimum Gasteiger partial charge on any atom is -0.306 e. The van der Waals surface area contributed by atoms with Crippen molar-refractivity contribution in [3.8, 4) is 11.4 Å². The smallest absolute Gasteiger partial charge is 0.254 e. The van der Waals surface area contributed by atoms with Crippen LogP contribution in [0.2, 0.25) is 0 Å². The molecule has 0 spiro atoms. The maximum atomic E-state index is 13.1. The number of aromatic nitrogens is 2. The Morgan fingerprint density at radius 1 is 1.08 bits per heavy atom. The molecule has 0 bridgehead atoms. The first-order valence-electron chi connectivity index (χ1n) is 8.33. The number of rotatable bonds is 3. The molecule has 25 heavy (non-hydrogen) atoms. The molecule has 1 aliphatic heterocycles. The summed E-state index contributed by atoms with van der Waals surface area (Å²) in [6.07, 6.45) is 0.689. The van der Waals surface area contributed by atoms with E-state index in [1.54, 1.807) is 12.1 Å². The van der Waals surface area contributed by atoms with Crippen LogP contribution in [0.25, 0.3) is 11.4 Å². The molecule has 0 saturated carbocycles. The lowest BCUT2D eigenvalue weighted by molar-refractivity contribution is 0.240. The molecule has 4 rings (SSSR count). The summed E-state index contributed by atoms with van der Waals surface area (Å²) in [6.45, 7) is 2.31. The second kappa shape index (κ2) is 6.61. The van der Waals surface area contributed by atoms with Gasteiger partial charge in [-0.1, -0.05) is 30.3 Å². The highest BCUT2D eigenvalue weighted by Gasteiger charge is 2.21. The van der Waals surface area contributed by atoms with Gasteiger partial charge in [-0.15, -0.1) is 0 Å². The summed E-state index contributed by atoms with van der Waals surface area (Å²) < 4.78 is 13.1. The van der Waals surface area contributed by atoms with Crippen molar-refractivity contribution < 1.29 is 4.39 Å². The van der Waals surface area contributed by atoms with Gasteiger partial charge >= 0.3 is 0 Å². The number of hydrogen-bond acceptors (Lipinski definition) is 3. The van der Waals surface area contributed by atoms with Gasteiger partial charge in [-0.25, -0.2) is 9.37 Å². The molecule has 0 amide bonds. The molecular weight excluding hydrogens is 317 g/mol. The number of hydrogen-bond donors (Lipinski definition) is 1. The lowest BCUT2D eigenvalue weighted by Crippen LogP contribution is -2.35. The number of halogens is 1. The molecule has 0 aliphatic carbocycles. The number of nitrogens with one attached hydrogen (secondary N) is 1. The fraction of sp³-hybridized carbons (Fsp3) is 0.200. The Labute approximate surface area is 145 Å². The zero-order valence-corrected chi connectivity index (χ0v) is 13.7. The Morgan fingerprint density at radius 2 is 1.84 bits per heavy atom. The second-order valence-corrected chi connectivity index (χ2v) is 6.29. The molecule has 5 heteroatoms. The van der Waals surface area contributed by atoms with Gasteiger partial charge < -0.3 is 4.98 Å². The van der Waals surface area contributed by atoms with Crippen LogP contribution in [-0.2, 0) is 19.5 Å². The molecule has 0 radical (unpaired) electrons. The highest BCUT2D eigenvalue weighted by Crippen LogP contribution is 2.20. The van der Waals surface area contributed by atoms with E-state index < -0.39 is 0 Å². The molecular formula is C20H18FN3O. The van der Waals surface area contributed by atoms with Crippen molar-refractivity contribution >= 4 is 0 Å². The topological polar surface area (TPSA) is 49.0 Å². The van der Waals surface area contributed by atoms with Crippen molar-refractivity contribution in [2.24, 2.45) is 0 Å². The maximum absolute atomic E-state index is 13.1. The van der Waals surface area contributed by atoms with E-state index in [2.05, 4.69) is 27.0 Å². The van der Waals surface area contributed by atoms with Crippen LogP contribution in [0.3, 0.4) is 0 Å². The summed E-state index contributed by atoms with van der Waals surface area (Å²) in [4.78, 5) is 22.2. The third kappa shape index (κ3) is 3.37. The van der Waals surface area contributed by atoms with Crippen molar-refractivity contribution in [1.82, 2.24) is 14.9 Å². The van der Waals surface area contributed by atoms with E-state index in [1.807, 2.05) is 18.2 Å². The Hall–Kier alpha value is -2.79.